The van der Waals surface area contributed by atoms with E-state index in [1.807, 2.05) is 31.2 Å². The van der Waals surface area contributed by atoms with Crippen LogP contribution in [0.5, 0.6) is 5.75 Å². The van der Waals surface area contributed by atoms with Crippen molar-refractivity contribution in [2.75, 3.05) is 25.5 Å². The minimum atomic E-state index is -0.147. The number of anilines is 1. The van der Waals surface area contributed by atoms with E-state index in [0.29, 0.717) is 49.5 Å². The first kappa shape index (κ1) is 20.7. The summed E-state index contributed by atoms with van der Waals surface area (Å²) in [6.45, 7) is 3.47. The maximum Gasteiger partial charge on any atom is 0.317 e. The van der Waals surface area contributed by atoms with E-state index in [4.69, 9.17) is 4.74 Å². The van der Waals surface area contributed by atoms with Gasteiger partial charge in [0.15, 0.2) is 0 Å². The Balaban J connectivity index is 1.68. The van der Waals surface area contributed by atoms with Gasteiger partial charge in [-0.15, -0.1) is 11.3 Å². The molecule has 2 N–H and O–H groups in total. The number of benzene rings is 1. The van der Waals surface area contributed by atoms with E-state index in [-0.39, 0.29) is 11.9 Å². The summed E-state index contributed by atoms with van der Waals surface area (Å²) in [5, 5.41) is 15.9. The molecular weight excluding hydrogens is 388 g/mol. The number of rotatable bonds is 6. The SMILES string of the molecule is CCNC(=O)N1CCc2c(sc(NC(=O)CCc3ccccc3OC)c2C#N)C1. The molecule has 0 saturated carbocycles. The number of urea groups is 1. The van der Waals surface area contributed by atoms with E-state index in [1.54, 1.807) is 12.0 Å². The van der Waals surface area contributed by atoms with Crippen molar-refractivity contribution >= 4 is 28.3 Å². The van der Waals surface area contributed by atoms with Gasteiger partial charge >= 0.3 is 6.03 Å². The van der Waals surface area contributed by atoms with Gasteiger partial charge in [0.2, 0.25) is 5.91 Å². The Morgan fingerprint density at radius 2 is 2.14 bits per heavy atom. The van der Waals surface area contributed by atoms with Crippen molar-refractivity contribution in [3.63, 3.8) is 0 Å². The molecule has 0 saturated heterocycles. The third kappa shape index (κ3) is 4.69. The zero-order valence-corrected chi connectivity index (χ0v) is 17.4. The molecule has 2 heterocycles. The molecule has 0 fully saturated rings. The van der Waals surface area contributed by atoms with E-state index < -0.39 is 0 Å². The number of hydrogen-bond donors (Lipinski definition) is 2. The number of amides is 3. The molecule has 0 aliphatic carbocycles. The number of hydrogen-bond acceptors (Lipinski definition) is 5. The summed E-state index contributed by atoms with van der Waals surface area (Å²) in [4.78, 5) is 27.3. The minimum Gasteiger partial charge on any atom is -0.496 e. The number of methoxy groups -OCH3 is 1. The molecule has 152 valence electrons. The second kappa shape index (κ2) is 9.43. The van der Waals surface area contributed by atoms with Crippen molar-refractivity contribution in [1.82, 2.24) is 10.2 Å². The fourth-order valence-corrected chi connectivity index (χ4v) is 4.62. The molecule has 3 amide bonds. The van der Waals surface area contributed by atoms with Crippen molar-refractivity contribution in [1.29, 1.82) is 5.26 Å². The minimum absolute atomic E-state index is 0.104. The van der Waals surface area contributed by atoms with Crippen LogP contribution < -0.4 is 15.4 Å². The van der Waals surface area contributed by atoms with E-state index >= 15 is 0 Å². The number of nitriles is 1. The highest BCUT2D eigenvalue weighted by molar-refractivity contribution is 7.16. The average molecular weight is 413 g/mol. The molecule has 0 spiro atoms. The number of nitrogens with zero attached hydrogens (tertiary/aromatic N) is 2. The standard InChI is InChI=1S/C21H24N4O3S/c1-3-23-21(27)25-11-10-15-16(12-22)20(29-18(15)13-25)24-19(26)9-8-14-6-4-5-7-17(14)28-2/h4-7H,3,8-11,13H2,1-2H3,(H,23,27)(H,24,26). The topological polar surface area (TPSA) is 94.5 Å². The first-order chi connectivity index (χ1) is 14.1. The summed E-state index contributed by atoms with van der Waals surface area (Å²) >= 11 is 1.38. The number of thiophene rings is 1. The van der Waals surface area contributed by atoms with Gasteiger partial charge in [0.25, 0.3) is 0 Å². The second-order valence-corrected chi connectivity index (χ2v) is 7.79. The van der Waals surface area contributed by atoms with Crippen molar-refractivity contribution in [3.05, 3.63) is 45.8 Å². The van der Waals surface area contributed by atoms with E-state index in [1.165, 1.54) is 11.3 Å². The summed E-state index contributed by atoms with van der Waals surface area (Å²) < 4.78 is 5.32. The molecule has 1 aliphatic rings. The summed E-state index contributed by atoms with van der Waals surface area (Å²) in [6.07, 6.45) is 1.45. The van der Waals surface area contributed by atoms with Gasteiger partial charge in [-0.25, -0.2) is 4.79 Å². The molecule has 8 heteroatoms. The molecule has 29 heavy (non-hydrogen) atoms. The van der Waals surface area contributed by atoms with Gasteiger partial charge in [-0.1, -0.05) is 18.2 Å². The van der Waals surface area contributed by atoms with Crippen molar-refractivity contribution in [3.8, 4) is 11.8 Å². The number of fused-ring (bicyclic) bond motifs is 1. The van der Waals surface area contributed by atoms with Gasteiger partial charge in [-0.2, -0.15) is 5.26 Å². The lowest BCUT2D eigenvalue weighted by Crippen LogP contribution is -2.42. The lowest BCUT2D eigenvalue weighted by Gasteiger charge is -2.26. The number of ether oxygens (including phenoxy) is 1. The van der Waals surface area contributed by atoms with Crippen LogP contribution in [-0.4, -0.2) is 37.0 Å². The largest absolute Gasteiger partial charge is 0.496 e. The van der Waals surface area contributed by atoms with Crippen LogP contribution in [0.3, 0.4) is 0 Å². The summed E-state index contributed by atoms with van der Waals surface area (Å²) in [7, 11) is 1.61. The smallest absolute Gasteiger partial charge is 0.317 e. The van der Waals surface area contributed by atoms with E-state index in [9.17, 15) is 14.9 Å². The van der Waals surface area contributed by atoms with Crippen LogP contribution in [0.2, 0.25) is 0 Å². The third-order valence-electron chi connectivity index (χ3n) is 4.85. The lowest BCUT2D eigenvalue weighted by molar-refractivity contribution is -0.116. The maximum absolute atomic E-state index is 12.5. The van der Waals surface area contributed by atoms with Gasteiger partial charge in [-0.05, 0) is 37.0 Å². The van der Waals surface area contributed by atoms with Crippen molar-refractivity contribution in [2.24, 2.45) is 0 Å². The molecule has 1 aromatic heterocycles. The third-order valence-corrected chi connectivity index (χ3v) is 5.98. The van der Waals surface area contributed by atoms with Crippen LogP contribution >= 0.6 is 11.3 Å². The Labute approximate surface area is 174 Å². The van der Waals surface area contributed by atoms with Gasteiger partial charge in [0, 0.05) is 24.4 Å². The number of nitrogens with one attached hydrogen (secondary N) is 2. The Morgan fingerprint density at radius 3 is 2.86 bits per heavy atom. The molecule has 0 atom stereocenters. The monoisotopic (exact) mass is 412 g/mol. The summed E-state index contributed by atoms with van der Waals surface area (Å²) in [5.74, 6) is 0.613. The Kier molecular flexibility index (Phi) is 6.73. The molecule has 0 radical (unpaired) electrons. The maximum atomic E-state index is 12.5. The number of carbonyl (C=O) groups is 2. The second-order valence-electron chi connectivity index (χ2n) is 6.69. The zero-order chi connectivity index (χ0) is 20.8. The lowest BCUT2D eigenvalue weighted by atomic mass is 10.0. The first-order valence-electron chi connectivity index (χ1n) is 9.56. The van der Waals surface area contributed by atoms with Gasteiger partial charge in [-0.3, -0.25) is 4.79 Å². The van der Waals surface area contributed by atoms with Gasteiger partial charge in [0.1, 0.15) is 16.8 Å². The highest BCUT2D eigenvalue weighted by Crippen LogP contribution is 2.36. The van der Waals surface area contributed by atoms with Gasteiger partial charge < -0.3 is 20.3 Å². The van der Waals surface area contributed by atoms with E-state index in [2.05, 4.69) is 16.7 Å². The fourth-order valence-electron chi connectivity index (χ4n) is 3.39. The molecule has 7 nitrogen and oxygen atoms in total. The predicted molar refractivity (Wildman–Crippen MR) is 112 cm³/mol. The molecule has 1 aromatic carbocycles. The van der Waals surface area contributed by atoms with Crippen LogP contribution in [0, 0.1) is 11.3 Å². The van der Waals surface area contributed by atoms with Gasteiger partial charge in [0.05, 0.1) is 19.2 Å². The summed E-state index contributed by atoms with van der Waals surface area (Å²) in [5.41, 5.74) is 2.43. The van der Waals surface area contributed by atoms with E-state index in [0.717, 1.165) is 21.8 Å². The van der Waals surface area contributed by atoms with Crippen LogP contribution in [0.1, 0.15) is 34.9 Å². The predicted octanol–water partition coefficient (Wildman–Crippen LogP) is 3.29. The van der Waals surface area contributed by atoms with Crippen LogP contribution in [0.15, 0.2) is 24.3 Å². The molecule has 0 unspecified atom stereocenters. The molecule has 3 rings (SSSR count). The fraction of sp³-hybridized carbons (Fsp3) is 0.381. The number of para-hydroxylation sites is 1. The zero-order valence-electron chi connectivity index (χ0n) is 16.6. The molecular formula is C21H24N4O3S. The Bertz CT molecular complexity index is 948. The Hall–Kier alpha value is -3.05. The van der Waals surface area contributed by atoms with Crippen LogP contribution in [-0.2, 0) is 24.2 Å². The quantitative estimate of drug-likeness (QED) is 0.761. The highest BCUT2D eigenvalue weighted by Gasteiger charge is 2.27. The Morgan fingerprint density at radius 1 is 1.34 bits per heavy atom. The van der Waals surface area contributed by atoms with Crippen molar-refractivity contribution in [2.45, 2.75) is 32.7 Å². The molecule has 1 aliphatic heterocycles. The average Bonchev–Trinajstić information content (AvgIpc) is 3.08. The number of carbonyl (C=O) groups excluding carboxylic acids is 2. The van der Waals surface area contributed by atoms with Crippen LogP contribution in [0.25, 0.3) is 0 Å². The normalized spacial score (nSPS) is 12.7. The van der Waals surface area contributed by atoms with Crippen LogP contribution in [0.4, 0.5) is 9.80 Å². The summed E-state index contributed by atoms with van der Waals surface area (Å²) in [6, 6.07) is 9.73. The van der Waals surface area contributed by atoms with Crippen molar-refractivity contribution < 1.29 is 14.3 Å². The molecule has 2 aromatic rings. The molecule has 0 bridgehead atoms. The highest BCUT2D eigenvalue weighted by atomic mass is 32.1. The first-order valence-corrected chi connectivity index (χ1v) is 10.4. The number of aryl methyl sites for hydroxylation is 1.